The predicted molar refractivity (Wildman–Crippen MR) is 146 cm³/mol. The second kappa shape index (κ2) is 13.3. The average Bonchev–Trinajstić information content (AvgIpc) is 3.14. The van der Waals surface area contributed by atoms with Crippen molar-refractivity contribution in [1.29, 1.82) is 0 Å². The van der Waals surface area contributed by atoms with Crippen molar-refractivity contribution in [3.05, 3.63) is 46.8 Å². The van der Waals surface area contributed by atoms with Gasteiger partial charge in [-0.1, -0.05) is 26.0 Å². The molecule has 1 aromatic heterocycles. The van der Waals surface area contributed by atoms with Crippen LogP contribution in [0, 0.1) is 19.8 Å². The first-order valence-electron chi connectivity index (χ1n) is 13.3. The van der Waals surface area contributed by atoms with E-state index in [9.17, 15) is 19.2 Å². The standard InChI is InChI=1S/C28H40N6O5/c1-17(2)25-28(38)33(5)15-16-39-23-10-8-7-9-21(23)26(36)30-22(11-12-24(35)31-25)27(37)29-14-13-20-18(3)32-34(6)19(20)4/h7-10,17,22,25H,11-16H2,1-6H3,(H,29,37)(H,30,36)(H,31,35)/t22-,25-/m0/s1. The van der Waals surface area contributed by atoms with Gasteiger partial charge < -0.3 is 25.6 Å². The second-order valence-corrected chi connectivity index (χ2v) is 10.3. The van der Waals surface area contributed by atoms with Crippen LogP contribution in [-0.4, -0.2) is 77.1 Å². The lowest BCUT2D eigenvalue weighted by atomic mass is 10.0. The van der Waals surface area contributed by atoms with E-state index in [1.54, 1.807) is 36.0 Å². The lowest BCUT2D eigenvalue weighted by Crippen LogP contribution is -2.51. The van der Waals surface area contributed by atoms with Crippen LogP contribution in [0.4, 0.5) is 0 Å². The van der Waals surface area contributed by atoms with Gasteiger partial charge in [-0.25, -0.2) is 0 Å². The van der Waals surface area contributed by atoms with Gasteiger partial charge in [-0.3, -0.25) is 23.9 Å². The van der Waals surface area contributed by atoms with Gasteiger partial charge in [-0.15, -0.1) is 0 Å². The summed E-state index contributed by atoms with van der Waals surface area (Å²) in [5.74, 6) is -1.26. The van der Waals surface area contributed by atoms with Crippen molar-refractivity contribution < 1.29 is 23.9 Å². The highest BCUT2D eigenvalue weighted by molar-refractivity contribution is 5.99. The molecular weight excluding hydrogens is 500 g/mol. The predicted octanol–water partition coefficient (Wildman–Crippen LogP) is 1.27. The molecule has 3 rings (SSSR count). The Labute approximate surface area is 229 Å². The zero-order chi connectivity index (χ0) is 28.7. The van der Waals surface area contributed by atoms with Gasteiger partial charge in [0.2, 0.25) is 17.7 Å². The number of benzene rings is 1. The summed E-state index contributed by atoms with van der Waals surface area (Å²) in [6, 6.07) is 5.06. The van der Waals surface area contributed by atoms with E-state index in [4.69, 9.17) is 4.74 Å². The van der Waals surface area contributed by atoms with E-state index in [1.165, 1.54) is 4.90 Å². The number of carbonyl (C=O) groups is 4. The van der Waals surface area contributed by atoms with Crippen molar-refractivity contribution >= 4 is 23.6 Å². The van der Waals surface area contributed by atoms with E-state index in [0.29, 0.717) is 18.7 Å². The number of nitrogens with one attached hydrogen (secondary N) is 3. The number of amides is 4. The van der Waals surface area contributed by atoms with Crippen LogP contribution in [0.2, 0.25) is 0 Å². The van der Waals surface area contributed by atoms with Gasteiger partial charge in [0.05, 0.1) is 17.8 Å². The van der Waals surface area contributed by atoms with Gasteiger partial charge in [0.15, 0.2) is 0 Å². The van der Waals surface area contributed by atoms with Crippen molar-refractivity contribution in [2.24, 2.45) is 13.0 Å². The fourth-order valence-corrected chi connectivity index (χ4v) is 4.57. The SMILES string of the molecule is Cc1nn(C)c(C)c1CCNC(=O)[C@@H]1CCC(=O)N[C@@H](C(C)C)C(=O)N(C)CCOc2ccccc2C(=O)N1. The number of nitrogens with zero attached hydrogens (tertiary/aromatic N) is 3. The van der Waals surface area contributed by atoms with Crippen molar-refractivity contribution in [3.8, 4) is 5.75 Å². The van der Waals surface area contributed by atoms with Crippen LogP contribution in [0.1, 0.15) is 54.0 Å². The summed E-state index contributed by atoms with van der Waals surface area (Å²) in [5.41, 5.74) is 3.26. The third-order valence-electron chi connectivity index (χ3n) is 7.06. The van der Waals surface area contributed by atoms with Gasteiger partial charge in [-0.2, -0.15) is 5.10 Å². The molecule has 4 amide bonds. The molecule has 212 valence electrons. The molecule has 1 aliphatic rings. The normalized spacial score (nSPS) is 19.4. The van der Waals surface area contributed by atoms with Crippen molar-refractivity contribution in [2.45, 2.75) is 59.0 Å². The van der Waals surface area contributed by atoms with E-state index in [2.05, 4.69) is 21.0 Å². The molecule has 2 heterocycles. The minimum absolute atomic E-state index is 0.0441. The molecular formula is C28H40N6O5. The largest absolute Gasteiger partial charge is 0.491 e. The maximum Gasteiger partial charge on any atom is 0.255 e. The Morgan fingerprint density at radius 3 is 2.54 bits per heavy atom. The van der Waals surface area contributed by atoms with E-state index in [-0.39, 0.29) is 49.3 Å². The maximum atomic E-state index is 13.2. The second-order valence-electron chi connectivity index (χ2n) is 10.3. The van der Waals surface area contributed by atoms with Crippen LogP contribution in [0.5, 0.6) is 5.75 Å². The first kappa shape index (κ1) is 29.7. The fraction of sp³-hybridized carbons (Fsp3) is 0.536. The summed E-state index contributed by atoms with van der Waals surface area (Å²) < 4.78 is 7.66. The Balaban J connectivity index is 1.80. The molecule has 1 aromatic carbocycles. The number of carbonyl (C=O) groups excluding carboxylic acids is 4. The van der Waals surface area contributed by atoms with Crippen LogP contribution in [-0.2, 0) is 27.9 Å². The molecule has 3 N–H and O–H groups in total. The molecule has 11 heteroatoms. The van der Waals surface area contributed by atoms with Crippen LogP contribution < -0.4 is 20.7 Å². The Morgan fingerprint density at radius 1 is 1.15 bits per heavy atom. The Hall–Kier alpha value is -3.89. The molecule has 0 aliphatic carbocycles. The Morgan fingerprint density at radius 2 is 1.87 bits per heavy atom. The molecule has 0 fully saturated rings. The molecule has 0 saturated heterocycles. The summed E-state index contributed by atoms with van der Waals surface area (Å²) in [5, 5.41) is 12.9. The first-order valence-corrected chi connectivity index (χ1v) is 13.3. The zero-order valence-electron chi connectivity index (χ0n) is 23.7. The van der Waals surface area contributed by atoms with Crippen molar-refractivity contribution in [1.82, 2.24) is 30.6 Å². The Kier molecular flexibility index (Phi) is 10.1. The molecule has 0 saturated carbocycles. The van der Waals surface area contributed by atoms with Crippen LogP contribution in [0.25, 0.3) is 0 Å². The summed E-state index contributed by atoms with van der Waals surface area (Å²) >= 11 is 0. The molecule has 0 spiro atoms. The number of rotatable bonds is 5. The van der Waals surface area contributed by atoms with Gasteiger partial charge in [-0.05, 0) is 50.3 Å². The van der Waals surface area contributed by atoms with Gasteiger partial charge in [0, 0.05) is 32.8 Å². The quantitative estimate of drug-likeness (QED) is 0.523. The minimum Gasteiger partial charge on any atom is -0.491 e. The summed E-state index contributed by atoms with van der Waals surface area (Å²) in [4.78, 5) is 53.9. The third-order valence-corrected chi connectivity index (χ3v) is 7.06. The van der Waals surface area contributed by atoms with Crippen molar-refractivity contribution in [3.63, 3.8) is 0 Å². The highest BCUT2D eigenvalue weighted by Gasteiger charge is 2.29. The lowest BCUT2D eigenvalue weighted by Gasteiger charge is -2.27. The maximum absolute atomic E-state index is 13.2. The zero-order valence-corrected chi connectivity index (χ0v) is 23.7. The van der Waals surface area contributed by atoms with E-state index in [0.717, 1.165) is 17.0 Å². The molecule has 39 heavy (non-hydrogen) atoms. The smallest absolute Gasteiger partial charge is 0.255 e. The topological polar surface area (TPSA) is 135 Å². The molecule has 0 unspecified atom stereocenters. The third kappa shape index (κ3) is 7.58. The van der Waals surface area contributed by atoms with Gasteiger partial charge in [0.1, 0.15) is 24.4 Å². The fourth-order valence-electron chi connectivity index (χ4n) is 4.57. The number of hydrogen-bond donors (Lipinski definition) is 3. The lowest BCUT2D eigenvalue weighted by molar-refractivity contribution is -0.137. The molecule has 2 aromatic rings. The van der Waals surface area contributed by atoms with E-state index in [1.807, 2.05) is 34.7 Å². The van der Waals surface area contributed by atoms with E-state index >= 15 is 0 Å². The Bertz CT molecular complexity index is 1210. The number of aromatic nitrogens is 2. The number of ether oxygens (including phenoxy) is 1. The molecule has 1 aliphatic heterocycles. The number of aryl methyl sites for hydroxylation is 2. The number of likely N-dealkylation sites (N-methyl/N-ethyl adjacent to an activating group) is 1. The van der Waals surface area contributed by atoms with Gasteiger partial charge in [0.25, 0.3) is 5.91 Å². The molecule has 2 atom stereocenters. The highest BCUT2D eigenvalue weighted by Crippen LogP contribution is 2.19. The van der Waals surface area contributed by atoms with Gasteiger partial charge >= 0.3 is 0 Å². The summed E-state index contributed by atoms with van der Waals surface area (Å²) in [6.07, 6.45) is 0.602. The van der Waals surface area contributed by atoms with Crippen LogP contribution in [0.15, 0.2) is 24.3 Å². The van der Waals surface area contributed by atoms with Crippen molar-refractivity contribution in [2.75, 3.05) is 26.7 Å². The number of para-hydroxylation sites is 1. The van der Waals surface area contributed by atoms with E-state index < -0.39 is 23.9 Å². The van der Waals surface area contributed by atoms with Crippen LogP contribution >= 0.6 is 0 Å². The average molecular weight is 541 g/mol. The summed E-state index contributed by atoms with van der Waals surface area (Å²) in [7, 11) is 3.53. The molecule has 0 radical (unpaired) electrons. The monoisotopic (exact) mass is 540 g/mol. The summed E-state index contributed by atoms with van der Waals surface area (Å²) in [6.45, 7) is 8.40. The molecule has 0 bridgehead atoms. The number of hydrogen-bond acceptors (Lipinski definition) is 6. The molecule has 11 nitrogen and oxygen atoms in total. The van der Waals surface area contributed by atoms with Crippen LogP contribution in [0.3, 0.4) is 0 Å². The number of fused-ring (bicyclic) bond motifs is 1. The highest BCUT2D eigenvalue weighted by atomic mass is 16.5. The minimum atomic E-state index is -0.964. The first-order chi connectivity index (χ1) is 18.5.